The fourth-order valence-electron chi connectivity index (χ4n) is 2.95. The maximum Gasteiger partial charge on any atom is 0.0936 e. The number of aliphatic hydroxyl groups excluding tert-OH is 1. The van der Waals surface area contributed by atoms with E-state index in [2.05, 4.69) is 13.8 Å². The first-order chi connectivity index (χ1) is 8.14. The first-order valence-electron chi connectivity index (χ1n) is 7.38. The Labute approximate surface area is 107 Å². The van der Waals surface area contributed by atoms with E-state index in [9.17, 15) is 5.11 Å². The van der Waals surface area contributed by atoms with Gasteiger partial charge in [0.25, 0.3) is 0 Å². The summed E-state index contributed by atoms with van der Waals surface area (Å²) in [6.07, 6.45) is 9.99. The highest BCUT2D eigenvalue weighted by molar-refractivity contribution is 4.92. The quantitative estimate of drug-likeness (QED) is 0.686. The lowest BCUT2D eigenvalue weighted by molar-refractivity contribution is -0.130. The predicted octanol–water partition coefficient (Wildman–Crippen LogP) is 3.91. The van der Waals surface area contributed by atoms with E-state index in [0.717, 1.165) is 31.6 Å². The van der Waals surface area contributed by atoms with Crippen molar-refractivity contribution in [2.75, 3.05) is 7.11 Å². The van der Waals surface area contributed by atoms with E-state index < -0.39 is 0 Å². The van der Waals surface area contributed by atoms with Gasteiger partial charge in [-0.15, -0.1) is 0 Å². The van der Waals surface area contributed by atoms with Gasteiger partial charge >= 0.3 is 0 Å². The van der Waals surface area contributed by atoms with Gasteiger partial charge < -0.3 is 9.84 Å². The first kappa shape index (κ1) is 15.0. The van der Waals surface area contributed by atoms with Crippen molar-refractivity contribution in [3.63, 3.8) is 0 Å². The van der Waals surface area contributed by atoms with Gasteiger partial charge in [0.2, 0.25) is 0 Å². The van der Waals surface area contributed by atoms with Crippen LogP contribution in [0.25, 0.3) is 0 Å². The standard InChI is InChI=1S/C15H30O2/c1-4-5-6-7-8-14(16)15(17-3)11-9-13(2)10-12-15/h13-14,16H,4-12H2,1-3H3. The zero-order chi connectivity index (χ0) is 12.7. The Bertz CT molecular complexity index is 195. The van der Waals surface area contributed by atoms with Crippen molar-refractivity contribution in [1.29, 1.82) is 0 Å². The summed E-state index contributed by atoms with van der Waals surface area (Å²) in [7, 11) is 1.77. The minimum Gasteiger partial charge on any atom is -0.390 e. The van der Waals surface area contributed by atoms with Crippen LogP contribution in [0.15, 0.2) is 0 Å². The molecule has 0 aliphatic heterocycles. The van der Waals surface area contributed by atoms with E-state index in [1.165, 1.54) is 32.1 Å². The smallest absolute Gasteiger partial charge is 0.0936 e. The van der Waals surface area contributed by atoms with E-state index in [4.69, 9.17) is 4.74 Å². The van der Waals surface area contributed by atoms with Crippen LogP contribution in [-0.4, -0.2) is 23.9 Å². The van der Waals surface area contributed by atoms with Crippen molar-refractivity contribution in [2.24, 2.45) is 5.92 Å². The Morgan fingerprint density at radius 3 is 2.41 bits per heavy atom. The Kier molecular flexibility index (Phi) is 6.50. The SMILES string of the molecule is CCCCCCC(O)C1(OC)CCC(C)CC1. The highest BCUT2D eigenvalue weighted by atomic mass is 16.5. The van der Waals surface area contributed by atoms with Crippen LogP contribution >= 0.6 is 0 Å². The largest absolute Gasteiger partial charge is 0.390 e. The molecule has 102 valence electrons. The van der Waals surface area contributed by atoms with E-state index >= 15 is 0 Å². The zero-order valence-corrected chi connectivity index (χ0v) is 11.9. The van der Waals surface area contributed by atoms with Gasteiger partial charge in [0.15, 0.2) is 0 Å². The van der Waals surface area contributed by atoms with Crippen molar-refractivity contribution >= 4 is 0 Å². The molecule has 1 rings (SSSR count). The molecule has 1 saturated carbocycles. The van der Waals surface area contributed by atoms with Crippen molar-refractivity contribution < 1.29 is 9.84 Å². The topological polar surface area (TPSA) is 29.5 Å². The zero-order valence-electron chi connectivity index (χ0n) is 11.9. The molecule has 1 aliphatic rings. The van der Waals surface area contributed by atoms with Crippen LogP contribution in [0, 0.1) is 5.92 Å². The van der Waals surface area contributed by atoms with Gasteiger partial charge in [-0.1, -0.05) is 39.5 Å². The second-order valence-corrected chi connectivity index (χ2v) is 5.82. The third-order valence-corrected chi connectivity index (χ3v) is 4.47. The summed E-state index contributed by atoms with van der Waals surface area (Å²) in [4.78, 5) is 0. The highest BCUT2D eigenvalue weighted by Crippen LogP contribution is 2.38. The molecule has 1 fully saturated rings. The van der Waals surface area contributed by atoms with Gasteiger partial charge in [-0.3, -0.25) is 0 Å². The van der Waals surface area contributed by atoms with Gasteiger partial charge in [-0.05, 0) is 38.0 Å². The van der Waals surface area contributed by atoms with Crippen molar-refractivity contribution in [1.82, 2.24) is 0 Å². The van der Waals surface area contributed by atoms with Crippen molar-refractivity contribution in [2.45, 2.75) is 83.3 Å². The molecule has 0 spiro atoms. The summed E-state index contributed by atoms with van der Waals surface area (Å²) in [5, 5.41) is 10.4. The molecule has 0 amide bonds. The molecule has 0 aromatic rings. The van der Waals surface area contributed by atoms with Crippen LogP contribution in [0.1, 0.15) is 71.6 Å². The molecule has 0 aromatic heterocycles. The predicted molar refractivity (Wildman–Crippen MR) is 72.1 cm³/mol. The summed E-state index contributed by atoms with van der Waals surface area (Å²) in [6.45, 7) is 4.52. The third kappa shape index (κ3) is 4.26. The van der Waals surface area contributed by atoms with Crippen molar-refractivity contribution in [3.8, 4) is 0 Å². The molecule has 0 heterocycles. The Hall–Kier alpha value is -0.0800. The van der Waals surface area contributed by atoms with Crippen LogP contribution in [-0.2, 0) is 4.74 Å². The molecule has 1 N–H and O–H groups in total. The molecule has 1 aliphatic carbocycles. The molecule has 1 atom stereocenters. The first-order valence-corrected chi connectivity index (χ1v) is 7.38. The molecule has 0 bridgehead atoms. The normalized spacial score (nSPS) is 31.4. The lowest BCUT2D eigenvalue weighted by Gasteiger charge is -2.41. The van der Waals surface area contributed by atoms with Crippen LogP contribution in [0.3, 0.4) is 0 Å². The number of methoxy groups -OCH3 is 1. The van der Waals surface area contributed by atoms with Gasteiger partial charge in [-0.25, -0.2) is 0 Å². The maximum absolute atomic E-state index is 10.4. The second-order valence-electron chi connectivity index (χ2n) is 5.82. The summed E-state index contributed by atoms with van der Waals surface area (Å²) in [5.74, 6) is 0.797. The second kappa shape index (κ2) is 7.38. The van der Waals surface area contributed by atoms with Crippen molar-refractivity contribution in [3.05, 3.63) is 0 Å². The van der Waals surface area contributed by atoms with E-state index in [0.29, 0.717) is 0 Å². The molecule has 2 heteroatoms. The lowest BCUT2D eigenvalue weighted by atomic mass is 9.75. The van der Waals surface area contributed by atoms with E-state index in [-0.39, 0.29) is 11.7 Å². The van der Waals surface area contributed by atoms with Gasteiger partial charge in [0.05, 0.1) is 11.7 Å². The van der Waals surface area contributed by atoms with Crippen LogP contribution in [0.2, 0.25) is 0 Å². The fraction of sp³-hybridized carbons (Fsp3) is 1.00. The molecule has 1 unspecified atom stereocenters. The van der Waals surface area contributed by atoms with Crippen LogP contribution < -0.4 is 0 Å². The average Bonchev–Trinajstić information content (AvgIpc) is 2.36. The molecular weight excluding hydrogens is 212 g/mol. The Morgan fingerprint density at radius 1 is 1.24 bits per heavy atom. The summed E-state index contributed by atoms with van der Waals surface area (Å²) in [5.41, 5.74) is -0.237. The molecule has 0 radical (unpaired) electrons. The minimum absolute atomic E-state index is 0.237. The third-order valence-electron chi connectivity index (χ3n) is 4.47. The number of unbranched alkanes of at least 4 members (excludes halogenated alkanes) is 3. The molecule has 2 nitrogen and oxygen atoms in total. The maximum atomic E-state index is 10.4. The van der Waals surface area contributed by atoms with Gasteiger partial charge in [-0.2, -0.15) is 0 Å². The monoisotopic (exact) mass is 242 g/mol. The number of hydrogen-bond donors (Lipinski definition) is 1. The number of ether oxygens (including phenoxy) is 1. The Morgan fingerprint density at radius 2 is 1.88 bits per heavy atom. The Balaban J connectivity index is 2.37. The van der Waals surface area contributed by atoms with Gasteiger partial charge in [0, 0.05) is 7.11 Å². The molecule has 0 saturated heterocycles. The van der Waals surface area contributed by atoms with Gasteiger partial charge in [0.1, 0.15) is 0 Å². The lowest BCUT2D eigenvalue weighted by Crippen LogP contribution is -2.46. The number of aliphatic hydroxyl groups is 1. The highest BCUT2D eigenvalue weighted by Gasteiger charge is 2.40. The molecule has 0 aromatic carbocycles. The van der Waals surface area contributed by atoms with Crippen LogP contribution in [0.5, 0.6) is 0 Å². The molecular formula is C15H30O2. The number of hydrogen-bond acceptors (Lipinski definition) is 2. The number of rotatable bonds is 7. The summed E-state index contributed by atoms with van der Waals surface area (Å²) >= 11 is 0. The summed E-state index contributed by atoms with van der Waals surface area (Å²) in [6, 6.07) is 0. The van der Waals surface area contributed by atoms with E-state index in [1.54, 1.807) is 7.11 Å². The molecule has 17 heavy (non-hydrogen) atoms. The minimum atomic E-state index is -0.267. The average molecular weight is 242 g/mol. The van der Waals surface area contributed by atoms with Crippen LogP contribution in [0.4, 0.5) is 0 Å². The van der Waals surface area contributed by atoms with E-state index in [1.807, 2.05) is 0 Å². The fourth-order valence-corrected chi connectivity index (χ4v) is 2.95. The summed E-state index contributed by atoms with van der Waals surface area (Å²) < 4.78 is 5.70.